The summed E-state index contributed by atoms with van der Waals surface area (Å²) in [6.07, 6.45) is 6.72. The van der Waals surface area contributed by atoms with Gasteiger partial charge in [0.2, 0.25) is 6.04 Å². The minimum atomic E-state index is -1.28. The molecule has 8 nitrogen and oxygen atoms in total. The molecule has 0 aromatic heterocycles. The molecule has 8 heteroatoms. The highest BCUT2D eigenvalue weighted by Gasteiger charge is 2.27. The Balaban J connectivity index is 2.74. The van der Waals surface area contributed by atoms with Crippen LogP contribution in [0.5, 0.6) is 0 Å². The Morgan fingerprint density at radius 1 is 1.48 bits per heavy atom. The van der Waals surface area contributed by atoms with E-state index in [0.717, 1.165) is 0 Å². The number of esters is 1. The number of rotatable bonds is 5. The molecule has 0 bridgehead atoms. The molecule has 4 N–H and O–H groups in total. The molecule has 114 valence electrons. The zero-order chi connectivity index (χ0) is 16.0. The summed E-state index contributed by atoms with van der Waals surface area (Å²) in [5, 5.41) is 11.0. The van der Waals surface area contributed by atoms with Crippen LogP contribution in [0.25, 0.3) is 0 Å². The summed E-state index contributed by atoms with van der Waals surface area (Å²) < 4.78 is 4.10. The molecule has 0 saturated heterocycles. The number of ether oxygens (including phenoxy) is 1. The van der Waals surface area contributed by atoms with E-state index in [1.54, 1.807) is 37.3 Å². The Bertz CT molecular complexity index is 534. The summed E-state index contributed by atoms with van der Waals surface area (Å²) in [6.45, 7) is 1.78. The van der Waals surface area contributed by atoms with Crippen LogP contribution in [0.4, 0.5) is 4.79 Å². The number of allylic oxidation sites excluding steroid dienone is 3. The van der Waals surface area contributed by atoms with Gasteiger partial charge in [-0.1, -0.05) is 30.4 Å². The second-order valence-corrected chi connectivity index (χ2v) is 4.94. The fourth-order valence-electron chi connectivity index (χ4n) is 1.75. The van der Waals surface area contributed by atoms with Gasteiger partial charge in [-0.2, -0.15) is 0 Å². The van der Waals surface area contributed by atoms with Crippen molar-refractivity contribution >= 4 is 12.1 Å². The lowest BCUT2D eigenvalue weighted by Crippen LogP contribution is -2.30. The van der Waals surface area contributed by atoms with Crippen LogP contribution in [-0.2, 0) is 9.53 Å². The Morgan fingerprint density at radius 3 is 2.71 bits per heavy atom. The molecule has 0 fully saturated rings. The summed E-state index contributed by atoms with van der Waals surface area (Å²) in [5.41, 5.74) is 10.6. The zero-order valence-corrected chi connectivity index (χ0v) is 11.5. The minimum absolute atomic E-state index is 0.0117. The van der Waals surface area contributed by atoms with Gasteiger partial charge >= 0.3 is 12.1 Å². The van der Waals surface area contributed by atoms with Gasteiger partial charge in [0.25, 0.3) is 0 Å². The van der Waals surface area contributed by atoms with Crippen LogP contribution in [-0.4, -0.2) is 28.6 Å². The van der Waals surface area contributed by atoms with Gasteiger partial charge in [-0.3, -0.25) is 14.9 Å². The highest BCUT2D eigenvalue weighted by molar-refractivity contribution is 5.83. The number of nitrogens with zero attached hydrogens (tertiary/aromatic N) is 1. The topological polar surface area (TPSA) is 139 Å². The molecule has 2 atom stereocenters. The van der Waals surface area contributed by atoms with E-state index in [0.29, 0.717) is 5.57 Å². The number of hydrogen-bond acceptors (Lipinski definition) is 6. The van der Waals surface area contributed by atoms with Crippen LogP contribution < -0.4 is 11.5 Å². The largest absolute Gasteiger partial charge is 0.412 e. The van der Waals surface area contributed by atoms with Crippen molar-refractivity contribution in [2.24, 2.45) is 11.5 Å². The smallest absolute Gasteiger partial charge is 0.376 e. The number of carbonyl (C=O) groups is 2. The summed E-state index contributed by atoms with van der Waals surface area (Å²) >= 11 is 0. The van der Waals surface area contributed by atoms with Crippen LogP contribution in [0.2, 0.25) is 0 Å². The Kier molecular flexibility index (Phi) is 5.37. The predicted molar refractivity (Wildman–Crippen MR) is 74.6 cm³/mol. The van der Waals surface area contributed by atoms with Gasteiger partial charge in [0.15, 0.2) is 0 Å². The molecule has 0 spiro atoms. The lowest BCUT2D eigenvalue weighted by atomic mass is 10.0. The number of nitro groups is 1. The van der Waals surface area contributed by atoms with Crippen LogP contribution in [0.3, 0.4) is 0 Å². The second kappa shape index (κ2) is 6.80. The molecule has 0 saturated carbocycles. The Hall–Kier alpha value is -2.48. The number of carbonyl (C=O) groups excluding carboxylic acids is 2. The van der Waals surface area contributed by atoms with Gasteiger partial charge in [0, 0.05) is 11.3 Å². The molecule has 1 rings (SSSR count). The molecule has 0 aromatic rings. The number of amides is 1. The normalized spacial score (nSPS) is 22.1. The van der Waals surface area contributed by atoms with Crippen LogP contribution in [0.15, 0.2) is 36.0 Å². The van der Waals surface area contributed by atoms with Crippen LogP contribution >= 0.6 is 0 Å². The molecule has 0 radical (unpaired) electrons. The minimum Gasteiger partial charge on any atom is -0.376 e. The Morgan fingerprint density at radius 2 is 2.14 bits per heavy atom. The third kappa shape index (κ3) is 6.00. The highest BCUT2D eigenvalue weighted by atomic mass is 16.6. The van der Waals surface area contributed by atoms with E-state index >= 15 is 0 Å². The van der Waals surface area contributed by atoms with E-state index in [9.17, 15) is 19.7 Å². The maximum Gasteiger partial charge on any atom is 0.412 e. The van der Waals surface area contributed by atoms with Crippen molar-refractivity contribution in [1.29, 1.82) is 0 Å². The third-order valence-corrected chi connectivity index (χ3v) is 2.81. The highest BCUT2D eigenvalue weighted by Crippen LogP contribution is 2.18. The third-order valence-electron chi connectivity index (χ3n) is 2.81. The van der Waals surface area contributed by atoms with Crippen molar-refractivity contribution in [2.75, 3.05) is 0 Å². The maximum absolute atomic E-state index is 11.3. The number of primary amides is 1. The first-order valence-corrected chi connectivity index (χ1v) is 6.20. The van der Waals surface area contributed by atoms with E-state index < -0.39 is 35.0 Å². The summed E-state index contributed by atoms with van der Waals surface area (Å²) in [5.74, 6) is -1.03. The first kappa shape index (κ1) is 16.6. The van der Waals surface area contributed by atoms with E-state index in [4.69, 9.17) is 5.73 Å². The molecule has 2 unspecified atom stereocenters. The number of hydrogen-bond donors (Lipinski definition) is 2. The van der Waals surface area contributed by atoms with Gasteiger partial charge in [0.1, 0.15) is 6.42 Å². The van der Waals surface area contributed by atoms with E-state index in [1.165, 1.54) is 0 Å². The van der Waals surface area contributed by atoms with Crippen molar-refractivity contribution in [1.82, 2.24) is 0 Å². The molecule has 0 aliphatic heterocycles. The van der Waals surface area contributed by atoms with Crippen molar-refractivity contribution in [3.63, 3.8) is 0 Å². The predicted octanol–water partition coefficient (Wildman–Crippen LogP) is 0.804. The van der Waals surface area contributed by atoms with Gasteiger partial charge in [0.05, 0.1) is 5.54 Å². The monoisotopic (exact) mass is 295 g/mol. The van der Waals surface area contributed by atoms with Crippen molar-refractivity contribution in [2.45, 2.75) is 31.3 Å². The van der Waals surface area contributed by atoms with Crippen molar-refractivity contribution in [3.8, 4) is 0 Å². The summed E-state index contributed by atoms with van der Waals surface area (Å²) in [7, 11) is 0. The second-order valence-electron chi connectivity index (χ2n) is 4.94. The van der Waals surface area contributed by atoms with Crippen molar-refractivity contribution < 1.29 is 19.2 Å². The quantitative estimate of drug-likeness (QED) is 0.333. The Labute approximate surface area is 121 Å². The number of nitrogens with two attached hydrogens (primary N) is 2. The van der Waals surface area contributed by atoms with E-state index in [2.05, 4.69) is 10.5 Å². The summed E-state index contributed by atoms with van der Waals surface area (Å²) in [4.78, 5) is 32.1. The molecule has 1 amide bonds. The van der Waals surface area contributed by atoms with E-state index in [1.807, 2.05) is 0 Å². The maximum atomic E-state index is 11.3. The standard InChI is InChI=1S/C13H17N3O5/c1-13(15)5-2-3-9(4-6-13)7-10(16(19)20)8-11(17)21-12(14)18/h2-6,10H,7-8,15H2,1H3,(H2,14,18). The van der Waals surface area contributed by atoms with Crippen molar-refractivity contribution in [3.05, 3.63) is 46.1 Å². The SMILES string of the molecule is CC1(N)C=CC=C(CC(CC(=O)OC(N)=O)[N+](=O)[O-])C=C1. The molecule has 21 heavy (non-hydrogen) atoms. The van der Waals surface area contributed by atoms with Gasteiger partial charge in [-0.05, 0) is 12.5 Å². The van der Waals surface area contributed by atoms with Crippen LogP contribution in [0, 0.1) is 10.1 Å². The molecule has 1 aliphatic rings. The fourth-order valence-corrected chi connectivity index (χ4v) is 1.75. The van der Waals surface area contributed by atoms with Gasteiger partial charge in [-0.15, -0.1) is 0 Å². The first-order valence-electron chi connectivity index (χ1n) is 6.20. The molecule has 1 aliphatic carbocycles. The first-order chi connectivity index (χ1) is 9.69. The van der Waals surface area contributed by atoms with Gasteiger partial charge in [-0.25, -0.2) is 4.79 Å². The fraction of sp³-hybridized carbons (Fsp3) is 0.385. The molecule has 0 heterocycles. The average Bonchev–Trinajstić information content (AvgIpc) is 2.49. The molecule has 0 aromatic carbocycles. The molecular weight excluding hydrogens is 278 g/mol. The lowest BCUT2D eigenvalue weighted by Gasteiger charge is -2.13. The summed E-state index contributed by atoms with van der Waals surface area (Å²) in [6, 6.07) is -1.21. The average molecular weight is 295 g/mol. The molecular formula is C13H17N3O5. The van der Waals surface area contributed by atoms with E-state index in [-0.39, 0.29) is 6.42 Å². The van der Waals surface area contributed by atoms with Crippen LogP contribution in [0.1, 0.15) is 19.8 Å². The lowest BCUT2D eigenvalue weighted by molar-refractivity contribution is -0.521. The zero-order valence-electron chi connectivity index (χ0n) is 11.5. The van der Waals surface area contributed by atoms with Gasteiger partial charge < -0.3 is 16.2 Å².